The molecule has 0 bridgehead atoms. The van der Waals surface area contributed by atoms with Gasteiger partial charge in [0.05, 0.1) is 0 Å². The van der Waals surface area contributed by atoms with Crippen LogP contribution in [-0.4, -0.2) is 30.3 Å². The molecule has 0 spiro atoms. The Morgan fingerprint density at radius 3 is 2.82 bits per heavy atom. The molecule has 3 rings (SSSR count). The predicted octanol–water partition coefficient (Wildman–Crippen LogP) is 2.16. The monoisotopic (exact) mass is 227 g/mol. The summed E-state index contributed by atoms with van der Waals surface area (Å²) in [5.74, 6) is 0.260. The molecule has 1 aromatic rings. The predicted molar refractivity (Wildman–Crippen MR) is 67.9 cm³/mol. The Morgan fingerprint density at radius 2 is 2.06 bits per heavy atom. The molecule has 0 N–H and O–H groups in total. The molecule has 17 heavy (non-hydrogen) atoms. The number of carbonyl (C=O) groups excluding carboxylic acids is 1. The van der Waals surface area contributed by atoms with E-state index in [4.69, 9.17) is 0 Å². The van der Waals surface area contributed by atoms with Crippen molar-refractivity contribution in [2.45, 2.75) is 24.3 Å². The highest BCUT2D eigenvalue weighted by Crippen LogP contribution is 2.44. The van der Waals surface area contributed by atoms with Gasteiger partial charge in [-0.2, -0.15) is 0 Å². The number of allylic oxidation sites excluding steroid dienone is 1. The molecule has 1 aliphatic carbocycles. The molecule has 1 fully saturated rings. The van der Waals surface area contributed by atoms with Crippen molar-refractivity contribution >= 4 is 5.78 Å². The van der Waals surface area contributed by atoms with E-state index in [1.165, 1.54) is 5.56 Å². The van der Waals surface area contributed by atoms with E-state index in [1.807, 2.05) is 6.07 Å². The number of hydrogen-bond donors (Lipinski definition) is 0. The molecule has 1 aliphatic heterocycles. The van der Waals surface area contributed by atoms with Gasteiger partial charge < -0.3 is 4.90 Å². The zero-order chi connectivity index (χ0) is 11.9. The number of ketones is 1. The summed E-state index contributed by atoms with van der Waals surface area (Å²) in [5.41, 5.74) is 1.40. The molecule has 0 aromatic heterocycles. The van der Waals surface area contributed by atoms with E-state index in [9.17, 15) is 4.79 Å². The number of fused-ring (bicyclic) bond motifs is 1. The summed E-state index contributed by atoms with van der Waals surface area (Å²) in [5, 5.41) is 0. The molecule has 1 saturated heterocycles. The minimum atomic E-state index is 0.0594. The molecule has 2 nitrogen and oxygen atoms in total. The van der Waals surface area contributed by atoms with Crippen LogP contribution in [0.25, 0.3) is 0 Å². The second kappa shape index (κ2) is 3.81. The van der Waals surface area contributed by atoms with Crippen LogP contribution in [0.3, 0.4) is 0 Å². The standard InChI is InChI=1S/C15H17NO/c1-16-10-9-15(12-5-3-2-4-6-12)8-7-13(17)11-14(15)16/h2-8,14H,9-11H2,1H3/t14-,15-/m1/s1. The Bertz CT molecular complexity index is 465. The zero-order valence-corrected chi connectivity index (χ0v) is 10.1. The van der Waals surface area contributed by atoms with Gasteiger partial charge in [-0.05, 0) is 31.7 Å². The molecule has 2 heteroatoms. The van der Waals surface area contributed by atoms with E-state index in [2.05, 4.69) is 42.3 Å². The van der Waals surface area contributed by atoms with E-state index in [1.54, 1.807) is 6.08 Å². The van der Waals surface area contributed by atoms with Crippen molar-refractivity contribution in [3.05, 3.63) is 48.0 Å². The van der Waals surface area contributed by atoms with Gasteiger partial charge in [0.1, 0.15) is 0 Å². The van der Waals surface area contributed by atoms with Gasteiger partial charge in [0.2, 0.25) is 0 Å². The van der Waals surface area contributed by atoms with Crippen molar-refractivity contribution in [2.75, 3.05) is 13.6 Å². The molecule has 0 saturated carbocycles. The van der Waals surface area contributed by atoms with Crippen LogP contribution in [-0.2, 0) is 10.2 Å². The van der Waals surface area contributed by atoms with Crippen LogP contribution < -0.4 is 0 Å². The second-order valence-corrected chi connectivity index (χ2v) is 5.16. The molecule has 0 radical (unpaired) electrons. The van der Waals surface area contributed by atoms with Gasteiger partial charge in [-0.25, -0.2) is 0 Å². The number of hydrogen-bond acceptors (Lipinski definition) is 2. The van der Waals surface area contributed by atoms with Crippen LogP contribution in [0.4, 0.5) is 0 Å². The van der Waals surface area contributed by atoms with Gasteiger partial charge in [0, 0.05) is 17.9 Å². The summed E-state index contributed by atoms with van der Waals surface area (Å²) in [4.78, 5) is 13.9. The van der Waals surface area contributed by atoms with E-state index >= 15 is 0 Å². The maximum Gasteiger partial charge on any atom is 0.157 e. The lowest BCUT2D eigenvalue weighted by molar-refractivity contribution is -0.116. The molecule has 88 valence electrons. The first-order chi connectivity index (χ1) is 8.22. The van der Waals surface area contributed by atoms with Gasteiger partial charge in [0.25, 0.3) is 0 Å². The maximum absolute atomic E-state index is 11.6. The molecular formula is C15H17NO. The van der Waals surface area contributed by atoms with Gasteiger partial charge in [-0.3, -0.25) is 4.79 Å². The van der Waals surface area contributed by atoms with E-state index in [0.29, 0.717) is 12.5 Å². The second-order valence-electron chi connectivity index (χ2n) is 5.16. The van der Waals surface area contributed by atoms with Crippen molar-refractivity contribution in [1.82, 2.24) is 4.90 Å². The number of benzene rings is 1. The number of rotatable bonds is 1. The molecule has 1 heterocycles. The summed E-state index contributed by atoms with van der Waals surface area (Å²) in [7, 11) is 2.13. The lowest BCUT2D eigenvalue weighted by Gasteiger charge is -2.37. The van der Waals surface area contributed by atoms with Gasteiger partial charge in [0.15, 0.2) is 5.78 Å². The van der Waals surface area contributed by atoms with Gasteiger partial charge >= 0.3 is 0 Å². The Balaban J connectivity index is 2.10. The first-order valence-corrected chi connectivity index (χ1v) is 6.20. The van der Waals surface area contributed by atoms with Crippen molar-refractivity contribution in [2.24, 2.45) is 0 Å². The first kappa shape index (κ1) is 10.7. The normalized spacial score (nSPS) is 32.8. The largest absolute Gasteiger partial charge is 0.302 e. The molecular weight excluding hydrogens is 210 g/mol. The van der Waals surface area contributed by atoms with E-state index in [-0.39, 0.29) is 11.2 Å². The van der Waals surface area contributed by atoms with Gasteiger partial charge in [-0.1, -0.05) is 36.4 Å². The lowest BCUT2D eigenvalue weighted by Crippen LogP contribution is -2.43. The quantitative estimate of drug-likeness (QED) is 0.732. The van der Waals surface area contributed by atoms with Crippen LogP contribution in [0.5, 0.6) is 0 Å². The van der Waals surface area contributed by atoms with E-state index < -0.39 is 0 Å². The highest BCUT2D eigenvalue weighted by molar-refractivity contribution is 5.92. The fourth-order valence-electron chi connectivity index (χ4n) is 3.29. The SMILES string of the molecule is CN1CC[C@@]2(c3ccccc3)C=CC(=O)C[C@@H]12. The summed E-state index contributed by atoms with van der Waals surface area (Å²) >= 11 is 0. The van der Waals surface area contributed by atoms with Crippen molar-refractivity contribution in [1.29, 1.82) is 0 Å². The Morgan fingerprint density at radius 1 is 1.29 bits per heavy atom. The topological polar surface area (TPSA) is 20.3 Å². The molecule has 0 unspecified atom stereocenters. The third-order valence-electron chi connectivity index (χ3n) is 4.28. The lowest BCUT2D eigenvalue weighted by atomic mass is 9.70. The van der Waals surface area contributed by atoms with Crippen LogP contribution in [0, 0.1) is 0 Å². The van der Waals surface area contributed by atoms with E-state index in [0.717, 1.165) is 13.0 Å². The molecule has 1 aromatic carbocycles. The van der Waals surface area contributed by atoms with Crippen LogP contribution in [0.15, 0.2) is 42.5 Å². The Labute approximate surface area is 102 Å². The van der Waals surface area contributed by atoms with Gasteiger partial charge in [-0.15, -0.1) is 0 Å². The maximum atomic E-state index is 11.6. The van der Waals surface area contributed by atoms with Crippen LogP contribution in [0.1, 0.15) is 18.4 Å². The van der Waals surface area contributed by atoms with Crippen molar-refractivity contribution in [3.8, 4) is 0 Å². The van der Waals surface area contributed by atoms with Crippen molar-refractivity contribution in [3.63, 3.8) is 0 Å². The average molecular weight is 227 g/mol. The highest BCUT2D eigenvalue weighted by Gasteiger charge is 2.47. The highest BCUT2D eigenvalue weighted by atomic mass is 16.1. The first-order valence-electron chi connectivity index (χ1n) is 6.20. The minimum absolute atomic E-state index is 0.0594. The minimum Gasteiger partial charge on any atom is -0.302 e. The number of carbonyl (C=O) groups is 1. The Kier molecular flexibility index (Phi) is 2.40. The summed E-state index contributed by atoms with van der Waals surface area (Å²) in [6.45, 7) is 1.07. The fourth-order valence-corrected chi connectivity index (χ4v) is 3.29. The number of likely N-dealkylation sites (N-methyl/N-ethyl adjacent to an activating group) is 1. The summed E-state index contributed by atoms with van der Waals surface area (Å²) in [6, 6.07) is 10.9. The third kappa shape index (κ3) is 1.55. The van der Waals surface area contributed by atoms with Crippen LogP contribution >= 0.6 is 0 Å². The molecule has 2 aliphatic rings. The molecule has 0 amide bonds. The summed E-state index contributed by atoms with van der Waals surface area (Å²) < 4.78 is 0. The third-order valence-corrected chi connectivity index (χ3v) is 4.28. The van der Waals surface area contributed by atoms with Crippen LogP contribution in [0.2, 0.25) is 0 Å². The van der Waals surface area contributed by atoms with Crippen molar-refractivity contribution < 1.29 is 4.79 Å². The number of nitrogens with zero attached hydrogens (tertiary/aromatic N) is 1. The summed E-state index contributed by atoms with van der Waals surface area (Å²) in [6.07, 6.45) is 5.69. The fraction of sp³-hybridized carbons (Fsp3) is 0.400. The smallest absolute Gasteiger partial charge is 0.157 e. The average Bonchev–Trinajstić information content (AvgIpc) is 2.70. The number of likely N-dealkylation sites (tertiary alicyclic amines) is 1. The zero-order valence-electron chi connectivity index (χ0n) is 10.1. The molecule has 2 atom stereocenters. The Hall–Kier alpha value is -1.41.